The number of nitrogens with two attached hydrogens (primary N) is 1. The van der Waals surface area contributed by atoms with Crippen molar-refractivity contribution >= 4 is 11.5 Å². The first kappa shape index (κ1) is 14.1. The third-order valence-electron chi connectivity index (χ3n) is 2.93. The standard InChI is InChI=1S/C14H18FN3S/c1-8-5-9(7-10(15)6-8)11(16)12-13(14(2,3)4)17-18-19-12/h5-7,11H,16H2,1-4H3. The van der Waals surface area contributed by atoms with Crippen LogP contribution in [-0.4, -0.2) is 9.59 Å². The van der Waals surface area contributed by atoms with Gasteiger partial charge < -0.3 is 5.73 Å². The predicted octanol–water partition coefficient (Wildman–Crippen LogP) is 3.33. The number of nitrogens with zero attached hydrogens (tertiary/aromatic N) is 2. The first-order chi connectivity index (χ1) is 8.79. The quantitative estimate of drug-likeness (QED) is 0.917. The second-order valence-electron chi connectivity index (χ2n) is 5.78. The summed E-state index contributed by atoms with van der Waals surface area (Å²) in [4.78, 5) is 0.900. The molecule has 2 N–H and O–H groups in total. The summed E-state index contributed by atoms with van der Waals surface area (Å²) in [7, 11) is 0. The van der Waals surface area contributed by atoms with Gasteiger partial charge in [-0.05, 0) is 41.7 Å². The molecule has 0 aliphatic carbocycles. The van der Waals surface area contributed by atoms with E-state index in [1.165, 1.54) is 23.7 Å². The second-order valence-corrected chi connectivity index (χ2v) is 6.56. The molecule has 0 bridgehead atoms. The molecule has 5 heteroatoms. The van der Waals surface area contributed by atoms with Gasteiger partial charge in [0.05, 0.1) is 16.6 Å². The summed E-state index contributed by atoms with van der Waals surface area (Å²) < 4.78 is 17.5. The zero-order valence-corrected chi connectivity index (χ0v) is 12.4. The van der Waals surface area contributed by atoms with Crippen molar-refractivity contribution in [2.45, 2.75) is 39.2 Å². The van der Waals surface area contributed by atoms with Crippen LogP contribution in [0, 0.1) is 12.7 Å². The van der Waals surface area contributed by atoms with E-state index < -0.39 is 0 Å². The largest absolute Gasteiger partial charge is 0.319 e. The van der Waals surface area contributed by atoms with Crippen LogP contribution in [0.1, 0.15) is 48.5 Å². The summed E-state index contributed by atoms with van der Waals surface area (Å²) in [6.07, 6.45) is 0. The van der Waals surface area contributed by atoms with Crippen LogP contribution in [0.2, 0.25) is 0 Å². The molecular formula is C14H18FN3S. The van der Waals surface area contributed by atoms with Crippen molar-refractivity contribution in [2.24, 2.45) is 5.73 Å². The Hall–Kier alpha value is -1.33. The van der Waals surface area contributed by atoms with E-state index in [9.17, 15) is 4.39 Å². The highest BCUT2D eigenvalue weighted by atomic mass is 32.1. The Morgan fingerprint density at radius 3 is 2.53 bits per heavy atom. The summed E-state index contributed by atoms with van der Waals surface area (Å²) in [6.45, 7) is 8.05. The van der Waals surface area contributed by atoms with Crippen molar-refractivity contribution in [1.82, 2.24) is 9.59 Å². The van der Waals surface area contributed by atoms with Crippen LogP contribution in [0.5, 0.6) is 0 Å². The van der Waals surface area contributed by atoms with Crippen molar-refractivity contribution in [2.75, 3.05) is 0 Å². The van der Waals surface area contributed by atoms with Gasteiger partial charge in [-0.1, -0.05) is 31.3 Å². The first-order valence-electron chi connectivity index (χ1n) is 6.14. The lowest BCUT2D eigenvalue weighted by Crippen LogP contribution is -2.19. The summed E-state index contributed by atoms with van der Waals surface area (Å²) in [5.41, 5.74) is 8.64. The molecule has 19 heavy (non-hydrogen) atoms. The zero-order chi connectivity index (χ0) is 14.2. The maximum absolute atomic E-state index is 13.5. The number of hydrogen-bond acceptors (Lipinski definition) is 4. The molecular weight excluding hydrogens is 261 g/mol. The molecule has 0 radical (unpaired) electrons. The lowest BCUT2D eigenvalue weighted by atomic mass is 9.89. The Morgan fingerprint density at radius 1 is 1.26 bits per heavy atom. The van der Waals surface area contributed by atoms with Crippen LogP contribution in [0.3, 0.4) is 0 Å². The summed E-state index contributed by atoms with van der Waals surface area (Å²) in [5.74, 6) is -0.264. The maximum atomic E-state index is 13.5. The molecule has 1 atom stereocenters. The van der Waals surface area contributed by atoms with Gasteiger partial charge in [-0.15, -0.1) is 5.10 Å². The first-order valence-corrected chi connectivity index (χ1v) is 6.92. The van der Waals surface area contributed by atoms with E-state index in [4.69, 9.17) is 5.73 Å². The Bertz CT molecular complexity index is 566. The lowest BCUT2D eigenvalue weighted by Gasteiger charge is -2.20. The average molecular weight is 279 g/mol. The highest BCUT2D eigenvalue weighted by Crippen LogP contribution is 2.32. The molecule has 0 aliphatic heterocycles. The molecule has 1 aromatic carbocycles. The van der Waals surface area contributed by atoms with Crippen LogP contribution < -0.4 is 5.73 Å². The van der Waals surface area contributed by atoms with Gasteiger partial charge in [0.2, 0.25) is 0 Å². The van der Waals surface area contributed by atoms with Crippen molar-refractivity contribution < 1.29 is 4.39 Å². The van der Waals surface area contributed by atoms with Crippen molar-refractivity contribution in [3.8, 4) is 0 Å². The Kier molecular flexibility index (Phi) is 3.69. The fourth-order valence-electron chi connectivity index (χ4n) is 2.02. The summed E-state index contributed by atoms with van der Waals surface area (Å²) in [6, 6.07) is 4.49. The van der Waals surface area contributed by atoms with Crippen molar-refractivity contribution in [1.29, 1.82) is 0 Å². The highest BCUT2D eigenvalue weighted by Gasteiger charge is 2.26. The molecule has 2 aromatic rings. The number of halogens is 1. The summed E-state index contributed by atoms with van der Waals surface area (Å²) >= 11 is 1.28. The minimum absolute atomic E-state index is 0.123. The molecule has 0 spiro atoms. The molecule has 0 fully saturated rings. The van der Waals surface area contributed by atoms with Gasteiger partial charge in [0.15, 0.2) is 0 Å². The van der Waals surface area contributed by atoms with Crippen LogP contribution in [0.4, 0.5) is 4.39 Å². The van der Waals surface area contributed by atoms with Crippen LogP contribution in [0.15, 0.2) is 18.2 Å². The third kappa shape index (κ3) is 2.98. The molecule has 2 rings (SSSR count). The van der Waals surface area contributed by atoms with E-state index in [0.717, 1.165) is 21.7 Å². The van der Waals surface area contributed by atoms with Gasteiger partial charge in [-0.25, -0.2) is 4.39 Å². The monoisotopic (exact) mass is 279 g/mol. The molecule has 0 amide bonds. The van der Waals surface area contributed by atoms with Crippen LogP contribution in [-0.2, 0) is 5.41 Å². The summed E-state index contributed by atoms with van der Waals surface area (Å²) in [5, 5.41) is 4.17. The Balaban J connectivity index is 2.45. The van der Waals surface area contributed by atoms with Crippen LogP contribution >= 0.6 is 11.5 Å². The Morgan fingerprint density at radius 2 is 1.95 bits per heavy atom. The average Bonchev–Trinajstić information content (AvgIpc) is 2.74. The van der Waals surface area contributed by atoms with Gasteiger partial charge in [-0.3, -0.25) is 0 Å². The molecule has 3 nitrogen and oxygen atoms in total. The van der Waals surface area contributed by atoms with Gasteiger partial charge in [-0.2, -0.15) is 0 Å². The minimum Gasteiger partial charge on any atom is -0.319 e. The molecule has 0 saturated carbocycles. The maximum Gasteiger partial charge on any atom is 0.123 e. The molecule has 1 aromatic heterocycles. The van der Waals surface area contributed by atoms with Gasteiger partial charge in [0.1, 0.15) is 5.82 Å². The normalized spacial score (nSPS) is 13.6. The zero-order valence-electron chi connectivity index (χ0n) is 11.6. The van der Waals surface area contributed by atoms with E-state index in [1.54, 1.807) is 0 Å². The number of hydrogen-bond donors (Lipinski definition) is 1. The Labute approximate surface area is 116 Å². The highest BCUT2D eigenvalue weighted by molar-refractivity contribution is 7.05. The topological polar surface area (TPSA) is 51.8 Å². The van der Waals surface area contributed by atoms with Gasteiger partial charge in [0.25, 0.3) is 0 Å². The number of benzene rings is 1. The van der Waals surface area contributed by atoms with Gasteiger partial charge >= 0.3 is 0 Å². The minimum atomic E-state index is -0.386. The SMILES string of the molecule is Cc1cc(F)cc(C(N)c2snnc2C(C)(C)C)c1. The molecule has 0 aliphatic rings. The second kappa shape index (κ2) is 4.98. The molecule has 102 valence electrons. The molecule has 0 saturated heterocycles. The van der Waals surface area contributed by atoms with Crippen molar-refractivity contribution in [3.63, 3.8) is 0 Å². The van der Waals surface area contributed by atoms with E-state index in [1.807, 2.05) is 13.0 Å². The number of aromatic nitrogens is 2. The number of rotatable bonds is 2. The fraction of sp³-hybridized carbons (Fsp3) is 0.429. The fourth-order valence-corrected chi connectivity index (χ4v) is 2.91. The predicted molar refractivity (Wildman–Crippen MR) is 75.8 cm³/mol. The van der Waals surface area contributed by atoms with Crippen molar-refractivity contribution in [3.05, 3.63) is 45.7 Å². The van der Waals surface area contributed by atoms with E-state index in [-0.39, 0.29) is 17.3 Å². The third-order valence-corrected chi connectivity index (χ3v) is 3.74. The number of aryl methyl sites for hydroxylation is 1. The van der Waals surface area contributed by atoms with E-state index >= 15 is 0 Å². The van der Waals surface area contributed by atoms with E-state index in [0.29, 0.717) is 0 Å². The molecule has 1 heterocycles. The van der Waals surface area contributed by atoms with Crippen LogP contribution in [0.25, 0.3) is 0 Å². The lowest BCUT2D eigenvalue weighted by molar-refractivity contribution is 0.556. The molecule has 1 unspecified atom stereocenters. The van der Waals surface area contributed by atoms with E-state index in [2.05, 4.69) is 30.4 Å². The van der Waals surface area contributed by atoms with Gasteiger partial charge in [0, 0.05) is 5.41 Å². The smallest absolute Gasteiger partial charge is 0.123 e.